The highest BCUT2D eigenvalue weighted by atomic mass is 16.2. The fourth-order valence-electron chi connectivity index (χ4n) is 0.253. The molecule has 4 heteroatoms. The van der Waals surface area contributed by atoms with Crippen LogP contribution in [0.25, 0.3) is 0 Å². The summed E-state index contributed by atoms with van der Waals surface area (Å²) in [6, 6.07) is 0. The van der Waals surface area contributed by atoms with Crippen LogP contribution in [0.2, 0.25) is 0 Å². The van der Waals surface area contributed by atoms with Crippen molar-refractivity contribution >= 4 is 5.91 Å². The van der Waals surface area contributed by atoms with Gasteiger partial charge in [-0.05, 0) is 0 Å². The Labute approximate surface area is 34.8 Å². The number of rotatable bonds is 0. The van der Waals surface area contributed by atoms with Gasteiger partial charge in [0.2, 0.25) is 0 Å². The lowest BCUT2D eigenvalue weighted by Crippen LogP contribution is -2.27. The van der Waals surface area contributed by atoms with Gasteiger partial charge < -0.3 is 0 Å². The second kappa shape index (κ2) is 1.24. The van der Waals surface area contributed by atoms with Crippen molar-refractivity contribution in [2.24, 2.45) is 0 Å². The maximum atomic E-state index is 9.98. The summed E-state index contributed by atoms with van der Waals surface area (Å²) in [5, 5.41) is 0. The monoisotopic (exact) mass is 86.0 g/mol. The number of hydrazine groups is 1. The summed E-state index contributed by atoms with van der Waals surface area (Å²) in [7, 11) is 0. The van der Waals surface area contributed by atoms with Gasteiger partial charge in [0.1, 0.15) is 6.54 Å². The first-order valence-electron chi connectivity index (χ1n) is 1.60. The minimum atomic E-state index is -0.0741. The predicted octanol–water partition coefficient (Wildman–Crippen LogP) is -1.86. The zero-order valence-corrected chi connectivity index (χ0v) is 3.06. The number of carbonyl (C=O) groups excluding carboxylic acids is 1. The molecule has 0 aromatic carbocycles. The van der Waals surface area contributed by atoms with Crippen LogP contribution in [0.3, 0.4) is 0 Å². The fourth-order valence-corrected chi connectivity index (χ4v) is 0.253. The zero-order valence-electron chi connectivity index (χ0n) is 3.06. The second-order valence-corrected chi connectivity index (χ2v) is 0.976. The van der Waals surface area contributed by atoms with Gasteiger partial charge in [-0.15, -0.1) is 5.43 Å². The standard InChI is InChI=1S/C2H4N3O/c6-2-1-3-5-4-2/h5H,1H2,(H,4,6). The molecule has 1 heterocycles. The summed E-state index contributed by atoms with van der Waals surface area (Å²) in [5.74, 6) is -0.0741. The molecule has 1 radical (unpaired) electrons. The van der Waals surface area contributed by atoms with Crippen LogP contribution in [-0.2, 0) is 4.79 Å². The highest BCUT2D eigenvalue weighted by molar-refractivity contribution is 5.78. The molecule has 0 bridgehead atoms. The van der Waals surface area contributed by atoms with Crippen molar-refractivity contribution in [2.75, 3.05) is 6.54 Å². The van der Waals surface area contributed by atoms with E-state index in [0.29, 0.717) is 0 Å². The lowest BCUT2D eigenvalue weighted by Gasteiger charge is -1.80. The van der Waals surface area contributed by atoms with E-state index in [4.69, 9.17) is 0 Å². The molecule has 0 aromatic rings. The number of hydrogen-bond donors (Lipinski definition) is 2. The zero-order chi connectivity index (χ0) is 4.41. The first-order chi connectivity index (χ1) is 2.89. The molecule has 4 nitrogen and oxygen atoms in total. The summed E-state index contributed by atoms with van der Waals surface area (Å²) in [5.41, 5.74) is 8.02. The van der Waals surface area contributed by atoms with Crippen LogP contribution in [-0.4, -0.2) is 12.5 Å². The van der Waals surface area contributed by atoms with Crippen molar-refractivity contribution in [1.82, 2.24) is 16.4 Å². The Hall–Kier alpha value is -0.610. The van der Waals surface area contributed by atoms with E-state index in [9.17, 15) is 4.79 Å². The van der Waals surface area contributed by atoms with Crippen molar-refractivity contribution in [2.45, 2.75) is 0 Å². The SMILES string of the molecule is O=C1C[N]NN1. The third-order valence-corrected chi connectivity index (χ3v) is 0.497. The predicted molar refractivity (Wildman–Crippen MR) is 18.3 cm³/mol. The topological polar surface area (TPSA) is 55.2 Å². The number of amides is 1. The molecule has 2 N–H and O–H groups in total. The van der Waals surface area contributed by atoms with Crippen molar-refractivity contribution in [1.29, 1.82) is 0 Å². The van der Waals surface area contributed by atoms with Gasteiger partial charge in [-0.1, -0.05) is 0 Å². The molecule has 33 valence electrons. The van der Waals surface area contributed by atoms with E-state index in [-0.39, 0.29) is 12.5 Å². The van der Waals surface area contributed by atoms with Gasteiger partial charge >= 0.3 is 0 Å². The van der Waals surface area contributed by atoms with Crippen molar-refractivity contribution in [3.05, 3.63) is 0 Å². The third kappa shape index (κ3) is 0.474. The van der Waals surface area contributed by atoms with Crippen LogP contribution in [0, 0.1) is 0 Å². The molecule has 0 aliphatic carbocycles. The van der Waals surface area contributed by atoms with E-state index >= 15 is 0 Å². The van der Waals surface area contributed by atoms with Gasteiger partial charge in [0.15, 0.2) is 0 Å². The summed E-state index contributed by atoms with van der Waals surface area (Å²) in [6.07, 6.45) is 0. The molecule has 6 heavy (non-hydrogen) atoms. The highest BCUT2D eigenvalue weighted by Crippen LogP contribution is 1.63. The lowest BCUT2D eigenvalue weighted by molar-refractivity contribution is -0.118. The van der Waals surface area contributed by atoms with E-state index < -0.39 is 0 Å². The van der Waals surface area contributed by atoms with E-state index in [0.717, 1.165) is 0 Å². The van der Waals surface area contributed by atoms with E-state index in [2.05, 4.69) is 16.4 Å². The highest BCUT2D eigenvalue weighted by Gasteiger charge is 2.05. The Morgan fingerprint density at radius 3 is 2.83 bits per heavy atom. The van der Waals surface area contributed by atoms with Crippen LogP contribution in [0.1, 0.15) is 0 Å². The molecule has 1 saturated heterocycles. The van der Waals surface area contributed by atoms with Crippen LogP contribution in [0.15, 0.2) is 0 Å². The molecular weight excluding hydrogens is 82.0 g/mol. The summed E-state index contributed by atoms with van der Waals surface area (Å²) in [6.45, 7) is 0.250. The number of hydrogen-bond acceptors (Lipinski definition) is 2. The summed E-state index contributed by atoms with van der Waals surface area (Å²) in [4.78, 5) is 9.98. The average molecular weight is 86.1 g/mol. The van der Waals surface area contributed by atoms with Crippen molar-refractivity contribution in [3.8, 4) is 0 Å². The maximum Gasteiger partial charge on any atom is 0.252 e. The minimum Gasteiger partial charge on any atom is -0.275 e. The third-order valence-electron chi connectivity index (χ3n) is 0.497. The molecule has 1 rings (SSSR count). The Morgan fingerprint density at radius 1 is 1.83 bits per heavy atom. The number of nitrogens with zero attached hydrogens (tertiary/aromatic N) is 1. The normalized spacial score (nSPS) is 21.0. The Balaban J connectivity index is 2.37. The van der Waals surface area contributed by atoms with Crippen LogP contribution in [0.5, 0.6) is 0 Å². The molecule has 1 amide bonds. The smallest absolute Gasteiger partial charge is 0.252 e. The van der Waals surface area contributed by atoms with Gasteiger partial charge in [0, 0.05) is 0 Å². The van der Waals surface area contributed by atoms with Crippen LogP contribution in [0.4, 0.5) is 0 Å². The van der Waals surface area contributed by atoms with E-state index in [1.807, 2.05) is 0 Å². The maximum absolute atomic E-state index is 9.98. The molecule has 0 saturated carbocycles. The second-order valence-electron chi connectivity index (χ2n) is 0.976. The lowest BCUT2D eigenvalue weighted by atomic mass is 10.7. The molecule has 1 aliphatic heterocycles. The van der Waals surface area contributed by atoms with Crippen LogP contribution >= 0.6 is 0 Å². The Kier molecular flexibility index (Phi) is 0.736. The molecule has 1 aliphatic rings. The molecule has 0 atom stereocenters. The van der Waals surface area contributed by atoms with Gasteiger partial charge in [-0.2, -0.15) is 5.53 Å². The average Bonchev–Trinajstić information content (AvgIpc) is 1.86. The molecule has 0 spiro atoms. The van der Waals surface area contributed by atoms with Gasteiger partial charge in [-0.25, -0.2) is 0 Å². The molecule has 0 aromatic heterocycles. The fraction of sp³-hybridized carbons (Fsp3) is 0.500. The van der Waals surface area contributed by atoms with E-state index in [1.165, 1.54) is 0 Å². The summed E-state index contributed by atoms with van der Waals surface area (Å²) < 4.78 is 0. The molecular formula is C2H4N3O. The van der Waals surface area contributed by atoms with Crippen molar-refractivity contribution < 1.29 is 4.79 Å². The van der Waals surface area contributed by atoms with Gasteiger partial charge in [0.25, 0.3) is 5.91 Å². The Bertz CT molecular complexity index is 63.2. The molecule has 0 unspecified atom stereocenters. The summed E-state index contributed by atoms with van der Waals surface area (Å²) >= 11 is 0. The van der Waals surface area contributed by atoms with Crippen LogP contribution < -0.4 is 16.4 Å². The van der Waals surface area contributed by atoms with Crippen molar-refractivity contribution in [3.63, 3.8) is 0 Å². The number of nitrogens with one attached hydrogen (secondary N) is 2. The first kappa shape index (κ1) is 3.58. The largest absolute Gasteiger partial charge is 0.275 e. The Morgan fingerprint density at radius 2 is 2.67 bits per heavy atom. The number of carbonyl (C=O) groups is 1. The van der Waals surface area contributed by atoms with E-state index in [1.54, 1.807) is 0 Å². The van der Waals surface area contributed by atoms with Gasteiger partial charge in [-0.3, -0.25) is 10.2 Å². The quantitative estimate of drug-likeness (QED) is 0.363. The van der Waals surface area contributed by atoms with Gasteiger partial charge in [0.05, 0.1) is 0 Å². The minimum absolute atomic E-state index is 0.0741. The molecule has 1 fully saturated rings. The first-order valence-corrected chi connectivity index (χ1v) is 1.60.